The summed E-state index contributed by atoms with van der Waals surface area (Å²) in [5.74, 6) is 0.910. The summed E-state index contributed by atoms with van der Waals surface area (Å²) in [6.45, 7) is 0.200. The van der Waals surface area contributed by atoms with Crippen molar-refractivity contribution >= 4 is 27.8 Å². The smallest absolute Gasteiger partial charge is 0.296 e. The quantitative estimate of drug-likeness (QED) is 0.767. The molecule has 1 aliphatic rings. The van der Waals surface area contributed by atoms with E-state index in [9.17, 15) is 17.8 Å². The van der Waals surface area contributed by atoms with Crippen LogP contribution < -0.4 is 9.47 Å². The molecule has 0 spiro atoms. The topological polar surface area (TPSA) is 93.1 Å². The summed E-state index contributed by atoms with van der Waals surface area (Å²) >= 11 is 0.908. The second-order valence-corrected chi connectivity index (χ2v) is 7.50. The van der Waals surface area contributed by atoms with Gasteiger partial charge in [-0.15, -0.1) is 11.8 Å². The van der Waals surface area contributed by atoms with Crippen LogP contribution in [0.15, 0.2) is 18.2 Å². The van der Waals surface area contributed by atoms with Gasteiger partial charge in [0.25, 0.3) is 10.1 Å². The SMILES string of the molecule is COc1ccc(CCN2C(=O)CSC2S(=O)(=O)O)cc1OC. The normalized spacial score (nSPS) is 18.6. The number of amides is 1. The van der Waals surface area contributed by atoms with Crippen LogP contribution in [0.4, 0.5) is 0 Å². The maximum absolute atomic E-state index is 11.8. The first-order valence-corrected chi connectivity index (χ1v) is 9.00. The van der Waals surface area contributed by atoms with E-state index in [2.05, 4.69) is 0 Å². The second-order valence-electron chi connectivity index (χ2n) is 4.66. The summed E-state index contributed by atoms with van der Waals surface area (Å²) in [5, 5.41) is 0. The molecule has 0 saturated carbocycles. The number of ether oxygens (including phenoxy) is 2. The number of hydrogen-bond acceptors (Lipinski definition) is 6. The second kappa shape index (κ2) is 6.76. The van der Waals surface area contributed by atoms with Crippen LogP contribution >= 0.6 is 11.8 Å². The lowest BCUT2D eigenvalue weighted by atomic mass is 10.1. The summed E-state index contributed by atoms with van der Waals surface area (Å²) in [5.41, 5.74) is 0.872. The van der Waals surface area contributed by atoms with Gasteiger partial charge in [-0.25, -0.2) is 0 Å². The van der Waals surface area contributed by atoms with E-state index in [1.165, 1.54) is 19.1 Å². The van der Waals surface area contributed by atoms with Gasteiger partial charge in [0.2, 0.25) is 10.6 Å². The van der Waals surface area contributed by atoms with Gasteiger partial charge in [-0.3, -0.25) is 9.35 Å². The minimum atomic E-state index is -4.29. The monoisotopic (exact) mass is 347 g/mol. The largest absolute Gasteiger partial charge is 0.493 e. The van der Waals surface area contributed by atoms with Crippen LogP contribution in [0.25, 0.3) is 0 Å². The highest BCUT2D eigenvalue weighted by Gasteiger charge is 2.39. The average Bonchev–Trinajstić information content (AvgIpc) is 2.85. The summed E-state index contributed by atoms with van der Waals surface area (Å²) in [4.78, 5) is 12.9. The predicted molar refractivity (Wildman–Crippen MR) is 82.8 cm³/mol. The van der Waals surface area contributed by atoms with E-state index < -0.39 is 14.8 Å². The third kappa shape index (κ3) is 3.65. The lowest BCUT2D eigenvalue weighted by Gasteiger charge is -2.21. The van der Waals surface area contributed by atoms with Crippen molar-refractivity contribution in [2.45, 2.75) is 11.1 Å². The summed E-state index contributed by atoms with van der Waals surface area (Å²) in [6.07, 6.45) is 0.443. The Morgan fingerprint density at radius 1 is 1.32 bits per heavy atom. The molecule has 1 aromatic carbocycles. The van der Waals surface area contributed by atoms with E-state index in [0.717, 1.165) is 17.3 Å². The Hall–Kier alpha value is -1.45. The Morgan fingerprint density at radius 2 is 2.00 bits per heavy atom. The van der Waals surface area contributed by atoms with Crippen LogP contribution in [-0.4, -0.2) is 55.0 Å². The molecule has 0 aromatic heterocycles. The van der Waals surface area contributed by atoms with Gasteiger partial charge >= 0.3 is 0 Å². The van der Waals surface area contributed by atoms with Crippen molar-refractivity contribution in [2.24, 2.45) is 0 Å². The number of rotatable bonds is 6. The van der Waals surface area contributed by atoms with Crippen molar-refractivity contribution in [2.75, 3.05) is 26.5 Å². The molecule has 9 heteroatoms. The highest BCUT2D eigenvalue weighted by molar-refractivity contribution is 8.12. The van der Waals surface area contributed by atoms with Crippen molar-refractivity contribution in [1.82, 2.24) is 4.90 Å². The molecule has 1 amide bonds. The number of carbonyl (C=O) groups is 1. The Kier molecular flexibility index (Phi) is 5.20. The van der Waals surface area contributed by atoms with Crippen LogP contribution in [0, 0.1) is 0 Å². The van der Waals surface area contributed by atoms with E-state index in [4.69, 9.17) is 9.47 Å². The van der Waals surface area contributed by atoms with Gasteiger partial charge in [-0.2, -0.15) is 8.42 Å². The average molecular weight is 347 g/mol. The first kappa shape index (κ1) is 16.9. The Balaban J connectivity index is 2.10. The first-order chi connectivity index (χ1) is 10.4. The molecule has 0 bridgehead atoms. The molecule has 1 saturated heterocycles. The van der Waals surface area contributed by atoms with E-state index in [1.807, 2.05) is 6.07 Å². The van der Waals surface area contributed by atoms with Crippen LogP contribution in [0.1, 0.15) is 5.56 Å². The zero-order valence-corrected chi connectivity index (χ0v) is 13.8. The molecule has 122 valence electrons. The fourth-order valence-corrected chi connectivity index (χ4v) is 4.49. The number of thioether (sulfide) groups is 1. The zero-order valence-electron chi connectivity index (χ0n) is 12.2. The third-order valence-corrected chi connectivity index (χ3v) is 6.12. The van der Waals surface area contributed by atoms with E-state index in [-0.39, 0.29) is 18.2 Å². The molecule has 1 N–H and O–H groups in total. The molecule has 1 heterocycles. The fraction of sp³-hybridized carbons (Fsp3) is 0.462. The molecule has 2 rings (SSSR count). The minimum absolute atomic E-state index is 0.0520. The molecule has 0 radical (unpaired) electrons. The van der Waals surface area contributed by atoms with Gasteiger partial charge in [-0.1, -0.05) is 6.07 Å². The number of nitrogens with zero attached hydrogens (tertiary/aromatic N) is 1. The molecule has 0 aliphatic carbocycles. The molecule has 1 fully saturated rings. The van der Waals surface area contributed by atoms with Gasteiger partial charge in [0.1, 0.15) is 0 Å². The van der Waals surface area contributed by atoms with Crippen molar-refractivity contribution in [3.05, 3.63) is 23.8 Å². The molecule has 1 aromatic rings. The molecular formula is C13H17NO6S2. The number of benzene rings is 1. The van der Waals surface area contributed by atoms with Crippen LogP contribution in [-0.2, 0) is 21.3 Å². The standard InChI is InChI=1S/C13H17NO6S2/c1-19-10-4-3-9(7-11(10)20-2)5-6-14-12(15)8-21-13(14)22(16,17)18/h3-4,7,13H,5-6,8H2,1-2H3,(H,16,17,18). The van der Waals surface area contributed by atoms with Gasteiger partial charge in [0.05, 0.1) is 20.0 Å². The lowest BCUT2D eigenvalue weighted by molar-refractivity contribution is -0.127. The molecule has 22 heavy (non-hydrogen) atoms. The van der Waals surface area contributed by atoms with Crippen molar-refractivity contribution < 1.29 is 27.2 Å². The lowest BCUT2D eigenvalue weighted by Crippen LogP contribution is -2.38. The van der Waals surface area contributed by atoms with Crippen molar-refractivity contribution in [3.8, 4) is 11.5 Å². The van der Waals surface area contributed by atoms with Crippen molar-refractivity contribution in [1.29, 1.82) is 0 Å². The van der Waals surface area contributed by atoms with Crippen LogP contribution in [0.3, 0.4) is 0 Å². The summed E-state index contributed by atoms with van der Waals surface area (Å²) in [6, 6.07) is 5.33. The van der Waals surface area contributed by atoms with Gasteiger partial charge in [-0.05, 0) is 24.1 Å². The van der Waals surface area contributed by atoms with Gasteiger partial charge < -0.3 is 14.4 Å². The summed E-state index contributed by atoms with van der Waals surface area (Å²) < 4.78 is 40.9. The first-order valence-electron chi connectivity index (χ1n) is 6.45. The maximum Gasteiger partial charge on any atom is 0.296 e. The minimum Gasteiger partial charge on any atom is -0.493 e. The molecule has 1 aliphatic heterocycles. The van der Waals surface area contributed by atoms with E-state index >= 15 is 0 Å². The van der Waals surface area contributed by atoms with Gasteiger partial charge in [0.15, 0.2) is 11.5 Å². The Bertz CT molecular complexity index is 660. The van der Waals surface area contributed by atoms with Crippen LogP contribution in [0.2, 0.25) is 0 Å². The molecule has 1 unspecified atom stereocenters. The van der Waals surface area contributed by atoms with Gasteiger partial charge in [0, 0.05) is 6.54 Å². The van der Waals surface area contributed by atoms with Crippen LogP contribution in [0.5, 0.6) is 11.5 Å². The Labute approximate surface area is 133 Å². The van der Waals surface area contributed by atoms with Crippen molar-refractivity contribution in [3.63, 3.8) is 0 Å². The highest BCUT2D eigenvalue weighted by atomic mass is 32.3. The molecule has 1 atom stereocenters. The highest BCUT2D eigenvalue weighted by Crippen LogP contribution is 2.30. The van der Waals surface area contributed by atoms with E-state index in [0.29, 0.717) is 17.9 Å². The maximum atomic E-state index is 11.8. The zero-order chi connectivity index (χ0) is 16.3. The van der Waals surface area contributed by atoms with E-state index in [1.54, 1.807) is 12.1 Å². The number of hydrogen-bond donors (Lipinski definition) is 1. The number of methoxy groups -OCH3 is 2. The molecular weight excluding hydrogens is 330 g/mol. The fourth-order valence-electron chi connectivity index (χ4n) is 2.20. The Morgan fingerprint density at radius 3 is 2.59 bits per heavy atom. The summed E-state index contributed by atoms with van der Waals surface area (Å²) in [7, 11) is -1.23. The predicted octanol–water partition coefficient (Wildman–Crippen LogP) is 0.993. The third-order valence-electron chi connectivity index (χ3n) is 3.27. The molecule has 7 nitrogen and oxygen atoms in total. The number of carbonyl (C=O) groups excluding carboxylic acids is 1.